The van der Waals surface area contributed by atoms with Crippen LogP contribution in [-0.4, -0.2) is 16.8 Å². The van der Waals surface area contributed by atoms with E-state index in [1.54, 1.807) is 18.2 Å². The summed E-state index contributed by atoms with van der Waals surface area (Å²) >= 11 is 0.757. The Balaban J connectivity index is 0.000000770. The summed E-state index contributed by atoms with van der Waals surface area (Å²) in [5.41, 5.74) is 0. The molecule has 1 rings (SSSR count). The number of halogens is 2. The van der Waals surface area contributed by atoms with Crippen LogP contribution in [0, 0.1) is 0 Å². The quantitative estimate of drug-likeness (QED) is 0.819. The topological polar surface area (TPSA) is 71.1 Å². The molecule has 0 spiro atoms. The predicted octanol–water partition coefficient (Wildman–Crippen LogP) is 2.37. The van der Waals surface area contributed by atoms with Gasteiger partial charge in [0, 0.05) is 13.8 Å². The predicted molar refractivity (Wildman–Crippen MR) is 64.6 cm³/mol. The van der Waals surface area contributed by atoms with Crippen molar-refractivity contribution in [3.8, 4) is 0 Å². The first kappa shape index (κ1) is 16.2. The molecular weight excluding hydrogens is 317 g/mol. The second-order valence-corrected chi connectivity index (χ2v) is 4.37. The van der Waals surface area contributed by atoms with Crippen molar-refractivity contribution < 1.29 is 22.7 Å². The van der Waals surface area contributed by atoms with Crippen LogP contribution in [0.1, 0.15) is 13.8 Å². The van der Waals surface area contributed by atoms with E-state index in [2.05, 4.69) is 35.8 Å². The maximum absolute atomic E-state index is 10.7. The molecule has 0 aromatic carbocycles. The summed E-state index contributed by atoms with van der Waals surface area (Å²) in [4.78, 5) is 25.4. The van der Waals surface area contributed by atoms with Crippen molar-refractivity contribution in [2.75, 3.05) is 10.6 Å². The van der Waals surface area contributed by atoms with Gasteiger partial charge in [0.15, 0.2) is 0 Å². The molecule has 2 N–H and O–H groups in total. The van der Waals surface area contributed by atoms with Crippen LogP contribution in [0.5, 0.6) is 0 Å². The fourth-order valence-electron chi connectivity index (χ4n) is 0.935. The summed E-state index contributed by atoms with van der Waals surface area (Å²) in [6, 6.07) is 4.99. The van der Waals surface area contributed by atoms with Gasteiger partial charge in [-0.05, 0) is 12.1 Å². The fraction of sp³-hybridized carbons (Fsp3) is 0.222. The van der Waals surface area contributed by atoms with E-state index in [0.29, 0.717) is 11.6 Å². The standard InChI is InChI=1S/C9H11N3O2.2ClH.Cu/c1-6(13)10-8-4-3-5-9(12-8)11-7(2)14;;;/h3-5H,1-2H3,(H2,10,11,12,13,14);2*1H;/q;;;+2/p-2. The van der Waals surface area contributed by atoms with E-state index in [0.717, 1.165) is 13.1 Å². The molecule has 17 heavy (non-hydrogen) atoms. The Morgan fingerprint density at radius 3 is 1.76 bits per heavy atom. The Morgan fingerprint density at radius 1 is 1.12 bits per heavy atom. The van der Waals surface area contributed by atoms with Gasteiger partial charge in [-0.3, -0.25) is 9.59 Å². The zero-order valence-corrected chi connectivity index (χ0v) is 11.5. The van der Waals surface area contributed by atoms with Crippen LogP contribution in [-0.2, 0) is 22.7 Å². The van der Waals surface area contributed by atoms with Crippen molar-refractivity contribution in [1.29, 1.82) is 0 Å². The first-order valence-corrected chi connectivity index (χ1v) is 6.92. The summed E-state index contributed by atoms with van der Waals surface area (Å²) in [6.45, 7) is 2.79. The molecule has 1 aromatic heterocycles. The van der Waals surface area contributed by atoms with Gasteiger partial charge in [0.2, 0.25) is 11.8 Å². The molecule has 5 nitrogen and oxygen atoms in total. The molecule has 0 radical (unpaired) electrons. The average Bonchev–Trinajstić information content (AvgIpc) is 2.16. The number of pyridine rings is 1. The van der Waals surface area contributed by atoms with Gasteiger partial charge in [-0.25, -0.2) is 4.98 Å². The minimum absolute atomic E-state index is 0.197. The first-order valence-electron chi connectivity index (χ1n) is 4.33. The van der Waals surface area contributed by atoms with Crippen LogP contribution in [0.15, 0.2) is 18.2 Å². The van der Waals surface area contributed by atoms with Crippen LogP contribution in [0.4, 0.5) is 11.6 Å². The maximum atomic E-state index is 10.7. The monoisotopic (exact) mass is 326 g/mol. The fourth-order valence-corrected chi connectivity index (χ4v) is 0.935. The van der Waals surface area contributed by atoms with Gasteiger partial charge in [-0.15, -0.1) is 0 Å². The molecule has 0 aliphatic rings. The molecule has 8 heteroatoms. The van der Waals surface area contributed by atoms with E-state index in [4.69, 9.17) is 0 Å². The zero-order chi connectivity index (χ0) is 13.3. The summed E-state index contributed by atoms with van der Waals surface area (Å²) in [5, 5.41) is 5.03. The Morgan fingerprint density at radius 2 is 1.47 bits per heavy atom. The first-order chi connectivity index (χ1) is 7.99. The number of amides is 2. The second kappa shape index (κ2) is 9.24. The van der Waals surface area contributed by atoms with Crippen molar-refractivity contribution in [3.63, 3.8) is 0 Å². The van der Waals surface area contributed by atoms with Crippen molar-refractivity contribution in [2.45, 2.75) is 13.8 Å². The van der Waals surface area contributed by atoms with Crippen LogP contribution in [0.25, 0.3) is 0 Å². The van der Waals surface area contributed by atoms with Gasteiger partial charge < -0.3 is 10.6 Å². The third kappa shape index (κ3) is 8.94. The molecule has 0 unspecified atom stereocenters. The van der Waals surface area contributed by atoms with E-state index in [9.17, 15) is 9.59 Å². The van der Waals surface area contributed by atoms with Gasteiger partial charge in [0.1, 0.15) is 11.6 Å². The zero-order valence-electron chi connectivity index (χ0n) is 9.05. The van der Waals surface area contributed by atoms with Crippen molar-refractivity contribution in [3.05, 3.63) is 18.2 Å². The third-order valence-electron chi connectivity index (χ3n) is 1.36. The third-order valence-corrected chi connectivity index (χ3v) is 1.36. The SMILES string of the molecule is CC(=O)Nc1cccc(NC(C)=O)n1.[Cl][Cu][Cl]. The summed E-state index contributed by atoms with van der Waals surface area (Å²) in [6.07, 6.45) is 0. The molecule has 2 amide bonds. The molecule has 0 fully saturated rings. The summed E-state index contributed by atoms with van der Waals surface area (Å²) < 4.78 is 0. The number of aromatic nitrogens is 1. The van der Waals surface area contributed by atoms with Crippen LogP contribution in [0.3, 0.4) is 0 Å². The number of anilines is 2. The van der Waals surface area contributed by atoms with Gasteiger partial charge in [0.05, 0.1) is 0 Å². The van der Waals surface area contributed by atoms with Crippen LogP contribution >= 0.6 is 20.2 Å². The van der Waals surface area contributed by atoms with Gasteiger partial charge in [-0.2, -0.15) is 0 Å². The van der Waals surface area contributed by atoms with Crippen LogP contribution < -0.4 is 10.6 Å². The normalized spacial score (nSPS) is 8.94. The van der Waals surface area contributed by atoms with E-state index in [1.807, 2.05) is 0 Å². The van der Waals surface area contributed by atoms with Crippen molar-refractivity contribution in [1.82, 2.24) is 4.98 Å². The van der Waals surface area contributed by atoms with Gasteiger partial charge >= 0.3 is 33.3 Å². The summed E-state index contributed by atoms with van der Waals surface area (Å²) in [7, 11) is 9.34. The Labute approximate surface area is 114 Å². The van der Waals surface area contributed by atoms with E-state index < -0.39 is 0 Å². The Kier molecular flexibility index (Phi) is 8.80. The molecule has 0 saturated heterocycles. The summed E-state index contributed by atoms with van der Waals surface area (Å²) in [5.74, 6) is 0.447. The Hall–Kier alpha value is -0.811. The van der Waals surface area contributed by atoms with Gasteiger partial charge in [-0.1, -0.05) is 6.07 Å². The number of hydrogen-bond donors (Lipinski definition) is 2. The van der Waals surface area contributed by atoms with E-state index in [1.165, 1.54) is 13.8 Å². The van der Waals surface area contributed by atoms with Crippen molar-refractivity contribution in [2.24, 2.45) is 0 Å². The molecule has 0 aliphatic heterocycles. The van der Waals surface area contributed by atoms with E-state index >= 15 is 0 Å². The number of rotatable bonds is 2. The van der Waals surface area contributed by atoms with E-state index in [-0.39, 0.29) is 11.8 Å². The number of carbonyl (C=O) groups excluding carboxylic acids is 2. The molecule has 99 valence electrons. The van der Waals surface area contributed by atoms with Gasteiger partial charge in [0.25, 0.3) is 0 Å². The average molecular weight is 328 g/mol. The number of nitrogens with one attached hydrogen (secondary N) is 2. The Bertz CT molecular complexity index is 359. The number of nitrogens with zero attached hydrogens (tertiary/aromatic N) is 1. The molecule has 0 atom stereocenters. The molecule has 0 aliphatic carbocycles. The molecule has 0 bridgehead atoms. The number of hydrogen-bond acceptors (Lipinski definition) is 3. The minimum atomic E-state index is -0.197. The van der Waals surface area contributed by atoms with Crippen molar-refractivity contribution >= 4 is 43.6 Å². The molecule has 1 heterocycles. The van der Waals surface area contributed by atoms with Crippen LogP contribution in [0.2, 0.25) is 0 Å². The molecule has 0 saturated carbocycles. The molecule has 1 aromatic rings. The molecular formula is C9H11Cl2CuN3O2. The second-order valence-electron chi connectivity index (χ2n) is 2.81. The number of carbonyl (C=O) groups is 2.